The van der Waals surface area contributed by atoms with Gasteiger partial charge in [0.25, 0.3) is 11.8 Å². The van der Waals surface area contributed by atoms with E-state index >= 15 is 0 Å². The van der Waals surface area contributed by atoms with Gasteiger partial charge in [-0.15, -0.1) is 11.3 Å². The number of benzene rings is 2. The lowest BCUT2D eigenvalue weighted by molar-refractivity contribution is -0.117. The molecule has 0 saturated heterocycles. The largest absolute Gasteiger partial charge is 0.497 e. The molecule has 1 aromatic heterocycles. The molecule has 2 N–H and O–H groups in total. The summed E-state index contributed by atoms with van der Waals surface area (Å²) in [7, 11) is 3.08. The number of methoxy groups -OCH3 is 2. The molecule has 0 aliphatic heterocycles. The van der Waals surface area contributed by atoms with Crippen molar-refractivity contribution in [3.05, 3.63) is 86.7 Å². The lowest BCUT2D eigenvalue weighted by Gasteiger charge is -2.10. The van der Waals surface area contributed by atoms with Crippen LogP contribution in [0.1, 0.15) is 20.8 Å². The summed E-state index contributed by atoms with van der Waals surface area (Å²) in [6, 6.07) is 15.5. The molecule has 3 aromatic rings. The summed E-state index contributed by atoms with van der Waals surface area (Å²) < 4.78 is 10.5. The van der Waals surface area contributed by atoms with Gasteiger partial charge in [0.1, 0.15) is 17.2 Å². The van der Waals surface area contributed by atoms with Crippen molar-refractivity contribution < 1.29 is 19.1 Å². The van der Waals surface area contributed by atoms with Gasteiger partial charge >= 0.3 is 0 Å². The van der Waals surface area contributed by atoms with E-state index in [2.05, 4.69) is 15.8 Å². The van der Waals surface area contributed by atoms with E-state index in [-0.39, 0.29) is 16.3 Å². The Morgan fingerprint density at radius 3 is 2.56 bits per heavy atom. The monoisotopic (exact) mass is 469 g/mol. The van der Waals surface area contributed by atoms with Crippen molar-refractivity contribution in [3.63, 3.8) is 0 Å². The lowest BCUT2D eigenvalue weighted by atomic mass is 10.2. The fourth-order valence-electron chi connectivity index (χ4n) is 2.65. The van der Waals surface area contributed by atoms with Crippen molar-refractivity contribution in [1.29, 1.82) is 0 Å². The Balaban J connectivity index is 1.78. The van der Waals surface area contributed by atoms with Crippen molar-refractivity contribution in [3.8, 4) is 11.5 Å². The average molecular weight is 470 g/mol. The van der Waals surface area contributed by atoms with E-state index in [4.69, 9.17) is 21.1 Å². The molecule has 9 heteroatoms. The summed E-state index contributed by atoms with van der Waals surface area (Å²) in [5.74, 6) is 0.0621. The smallest absolute Gasteiger partial charge is 0.287 e. The highest BCUT2D eigenvalue weighted by atomic mass is 35.5. The van der Waals surface area contributed by atoms with Crippen LogP contribution in [0, 0.1) is 0 Å². The third-order valence-corrected chi connectivity index (χ3v) is 5.40. The number of nitrogens with zero attached hydrogens (tertiary/aromatic N) is 1. The summed E-state index contributed by atoms with van der Waals surface area (Å²) in [4.78, 5) is 26.2. The molecule has 2 aromatic carbocycles. The zero-order valence-electron chi connectivity index (χ0n) is 17.3. The van der Waals surface area contributed by atoms with Gasteiger partial charge in [0, 0.05) is 16.5 Å². The number of carbonyl (C=O) groups excluding carboxylic acids is 2. The summed E-state index contributed by atoms with van der Waals surface area (Å²) in [6.07, 6.45) is 3.01. The molecule has 1 heterocycles. The van der Waals surface area contributed by atoms with E-state index < -0.39 is 11.8 Å². The minimum Gasteiger partial charge on any atom is -0.497 e. The number of halogens is 1. The van der Waals surface area contributed by atoms with Crippen LogP contribution in [0.4, 0.5) is 0 Å². The molecular weight excluding hydrogens is 450 g/mol. The third-order valence-electron chi connectivity index (χ3n) is 4.25. The Kier molecular flexibility index (Phi) is 8.02. The molecule has 0 unspecified atom stereocenters. The first-order valence-corrected chi connectivity index (χ1v) is 10.6. The minimum atomic E-state index is -0.595. The van der Waals surface area contributed by atoms with Crippen molar-refractivity contribution in [2.75, 3.05) is 14.2 Å². The molecule has 0 radical (unpaired) electrons. The van der Waals surface area contributed by atoms with Crippen LogP contribution in [0.15, 0.2) is 70.8 Å². The Morgan fingerprint density at radius 1 is 1.06 bits per heavy atom. The first kappa shape index (κ1) is 23.1. The Morgan fingerprint density at radius 2 is 1.88 bits per heavy atom. The van der Waals surface area contributed by atoms with Gasteiger partial charge in [-0.2, -0.15) is 5.10 Å². The van der Waals surface area contributed by atoms with E-state index in [0.29, 0.717) is 17.1 Å². The number of hydrogen-bond acceptors (Lipinski definition) is 6. The molecule has 32 heavy (non-hydrogen) atoms. The molecule has 164 valence electrons. The Labute approximate surface area is 194 Å². The summed E-state index contributed by atoms with van der Waals surface area (Å²) in [6.45, 7) is 0. The standard InChI is InChI=1S/C23H20ClN3O4S/c1-30-16-10-9-15(21(12-16)31-2)14-25-27-23(29)20(13-17-6-5-11-32-17)26-22(28)18-7-3-4-8-19(18)24/h3-14H,1-2H3,(H,26,28)(H,27,29)/b20-13-,25-14-. The van der Waals surface area contributed by atoms with Gasteiger partial charge in [0.15, 0.2) is 0 Å². The molecule has 0 bridgehead atoms. The molecule has 7 nitrogen and oxygen atoms in total. The van der Waals surface area contributed by atoms with E-state index in [0.717, 1.165) is 4.88 Å². The van der Waals surface area contributed by atoms with Crippen LogP contribution in [0.5, 0.6) is 11.5 Å². The number of hydrazone groups is 1. The average Bonchev–Trinajstić information content (AvgIpc) is 3.32. The topological polar surface area (TPSA) is 89.0 Å². The fraction of sp³-hybridized carbons (Fsp3) is 0.0870. The number of hydrogen-bond donors (Lipinski definition) is 2. The van der Waals surface area contributed by atoms with Gasteiger partial charge in [-0.3, -0.25) is 9.59 Å². The number of thiophene rings is 1. The highest BCUT2D eigenvalue weighted by molar-refractivity contribution is 7.10. The van der Waals surface area contributed by atoms with Gasteiger partial charge in [-0.1, -0.05) is 29.8 Å². The maximum absolute atomic E-state index is 12.8. The molecule has 0 aliphatic carbocycles. The van der Waals surface area contributed by atoms with Crippen LogP contribution >= 0.6 is 22.9 Å². The minimum absolute atomic E-state index is 0.0243. The maximum Gasteiger partial charge on any atom is 0.287 e. The molecule has 3 rings (SSSR count). The van der Waals surface area contributed by atoms with E-state index in [1.54, 1.807) is 55.7 Å². The zero-order valence-corrected chi connectivity index (χ0v) is 18.9. The highest BCUT2D eigenvalue weighted by Gasteiger charge is 2.16. The molecule has 0 fully saturated rings. The molecule has 0 saturated carbocycles. The lowest BCUT2D eigenvalue weighted by Crippen LogP contribution is -2.33. The quantitative estimate of drug-likeness (QED) is 0.292. The summed E-state index contributed by atoms with van der Waals surface area (Å²) in [5.41, 5.74) is 3.34. The first-order chi connectivity index (χ1) is 15.5. The summed E-state index contributed by atoms with van der Waals surface area (Å²) in [5, 5.41) is 8.76. The van der Waals surface area contributed by atoms with Gasteiger partial charge in [0.05, 0.1) is 31.0 Å². The maximum atomic E-state index is 12.8. The van der Waals surface area contributed by atoms with E-state index in [9.17, 15) is 9.59 Å². The van der Waals surface area contributed by atoms with Crippen LogP contribution in [-0.2, 0) is 4.79 Å². The van der Waals surface area contributed by atoms with Gasteiger partial charge in [-0.05, 0) is 41.8 Å². The highest BCUT2D eigenvalue weighted by Crippen LogP contribution is 2.23. The molecular formula is C23H20ClN3O4S. The van der Waals surface area contributed by atoms with E-state index in [1.807, 2.05) is 17.5 Å². The van der Waals surface area contributed by atoms with Crippen LogP contribution in [0.2, 0.25) is 5.02 Å². The number of rotatable bonds is 8. The molecule has 0 atom stereocenters. The SMILES string of the molecule is COc1ccc(/C=N\NC(=O)/C(=C/c2cccs2)NC(=O)c2ccccc2Cl)c(OC)c1. The van der Waals surface area contributed by atoms with Crippen molar-refractivity contribution in [1.82, 2.24) is 10.7 Å². The van der Waals surface area contributed by atoms with E-state index in [1.165, 1.54) is 24.7 Å². The summed E-state index contributed by atoms with van der Waals surface area (Å²) >= 11 is 7.53. The van der Waals surface area contributed by atoms with Crippen molar-refractivity contribution in [2.24, 2.45) is 5.10 Å². The first-order valence-electron chi connectivity index (χ1n) is 9.38. The predicted octanol–water partition coefficient (Wildman–Crippen LogP) is 4.34. The van der Waals surface area contributed by atoms with Crippen molar-refractivity contribution >= 4 is 47.0 Å². The second-order valence-corrected chi connectivity index (χ2v) is 7.70. The number of ether oxygens (including phenoxy) is 2. The number of carbonyl (C=O) groups is 2. The Hall–Kier alpha value is -3.62. The number of nitrogens with one attached hydrogen (secondary N) is 2. The van der Waals surface area contributed by atoms with Crippen LogP contribution < -0.4 is 20.2 Å². The zero-order chi connectivity index (χ0) is 22.9. The second-order valence-electron chi connectivity index (χ2n) is 6.31. The van der Waals surface area contributed by atoms with Crippen LogP contribution in [-0.4, -0.2) is 32.2 Å². The molecule has 0 aliphatic rings. The normalized spacial score (nSPS) is 11.3. The number of amides is 2. The predicted molar refractivity (Wildman–Crippen MR) is 126 cm³/mol. The second kappa shape index (κ2) is 11.1. The van der Waals surface area contributed by atoms with Gasteiger partial charge in [-0.25, -0.2) is 5.43 Å². The van der Waals surface area contributed by atoms with Crippen molar-refractivity contribution in [2.45, 2.75) is 0 Å². The van der Waals surface area contributed by atoms with Gasteiger partial charge in [0.2, 0.25) is 0 Å². The van der Waals surface area contributed by atoms with Crippen LogP contribution in [0.3, 0.4) is 0 Å². The third kappa shape index (κ3) is 5.96. The molecule has 2 amide bonds. The molecule has 0 spiro atoms. The van der Waals surface area contributed by atoms with Gasteiger partial charge < -0.3 is 14.8 Å². The fourth-order valence-corrected chi connectivity index (χ4v) is 3.53. The van der Waals surface area contributed by atoms with Crippen LogP contribution in [0.25, 0.3) is 6.08 Å². The Bertz CT molecular complexity index is 1160.